The second-order valence-corrected chi connectivity index (χ2v) is 5.19. The van der Waals surface area contributed by atoms with Crippen LogP contribution in [0.25, 0.3) is 0 Å². The van der Waals surface area contributed by atoms with E-state index in [1.54, 1.807) is 12.1 Å². The molecule has 18 heavy (non-hydrogen) atoms. The molecule has 1 heterocycles. The van der Waals surface area contributed by atoms with Crippen LogP contribution >= 0.6 is 15.9 Å². The minimum absolute atomic E-state index is 0.144. The van der Waals surface area contributed by atoms with E-state index in [-0.39, 0.29) is 18.1 Å². The van der Waals surface area contributed by atoms with E-state index in [2.05, 4.69) is 21.2 Å². The number of halogens is 2. The first kappa shape index (κ1) is 13.9. The number of likely N-dealkylation sites (N-methyl/N-ethyl adjacent to an activating group) is 1. The Bertz CT molecular complexity index is 397. The van der Waals surface area contributed by atoms with Crippen LogP contribution in [0.3, 0.4) is 0 Å². The summed E-state index contributed by atoms with van der Waals surface area (Å²) in [6.45, 7) is 1.32. The lowest BCUT2D eigenvalue weighted by Gasteiger charge is -2.20. The third-order valence-corrected chi connectivity index (χ3v) is 3.82. The molecule has 0 saturated carbocycles. The van der Waals surface area contributed by atoms with Crippen LogP contribution in [0.1, 0.15) is 12.0 Å². The highest BCUT2D eigenvalue weighted by atomic mass is 79.9. The van der Waals surface area contributed by atoms with Crippen molar-refractivity contribution in [2.24, 2.45) is 0 Å². The average molecular weight is 318 g/mol. The average Bonchev–Trinajstić information content (AvgIpc) is 2.85. The summed E-state index contributed by atoms with van der Waals surface area (Å²) in [5, 5.41) is 3.22. The Morgan fingerprint density at radius 3 is 2.83 bits per heavy atom. The molecule has 5 heteroatoms. The Balaban J connectivity index is 1.98. The summed E-state index contributed by atoms with van der Waals surface area (Å²) in [6.07, 6.45) is 1.35. The minimum atomic E-state index is -0.212. The van der Waals surface area contributed by atoms with E-state index in [1.807, 2.05) is 7.05 Å². The van der Waals surface area contributed by atoms with Gasteiger partial charge in [-0.25, -0.2) is 4.39 Å². The smallest absolute Gasteiger partial charge is 0.159 e. The van der Waals surface area contributed by atoms with Crippen molar-refractivity contribution >= 4 is 15.9 Å². The Labute approximate surface area is 115 Å². The number of nitrogens with one attached hydrogen (secondary N) is 1. The lowest BCUT2D eigenvalue weighted by molar-refractivity contribution is -0.0522. The maximum Gasteiger partial charge on any atom is 0.159 e. The van der Waals surface area contributed by atoms with Gasteiger partial charge >= 0.3 is 0 Å². The van der Waals surface area contributed by atoms with Gasteiger partial charge in [0.25, 0.3) is 0 Å². The van der Waals surface area contributed by atoms with Gasteiger partial charge in [-0.1, -0.05) is 15.9 Å². The molecule has 3 nitrogen and oxygen atoms in total. The normalized spacial score (nSPS) is 18.2. The second-order valence-electron chi connectivity index (χ2n) is 4.33. The predicted octanol–water partition coefficient (Wildman–Crippen LogP) is 2.48. The van der Waals surface area contributed by atoms with Crippen LogP contribution in [-0.2, 0) is 15.9 Å². The highest BCUT2D eigenvalue weighted by Crippen LogP contribution is 2.21. The van der Waals surface area contributed by atoms with Crippen LogP contribution in [-0.4, -0.2) is 32.6 Å². The molecule has 1 unspecified atom stereocenters. The molecule has 1 atom stereocenters. The molecular formula is C13H17BrFNO2. The summed E-state index contributed by atoms with van der Waals surface area (Å²) >= 11 is 3.44. The van der Waals surface area contributed by atoms with Gasteiger partial charge in [0.15, 0.2) is 6.29 Å². The molecular weight excluding hydrogens is 301 g/mol. The first-order valence-corrected chi connectivity index (χ1v) is 6.82. The molecule has 100 valence electrons. The van der Waals surface area contributed by atoms with Crippen LogP contribution in [0.4, 0.5) is 4.39 Å². The van der Waals surface area contributed by atoms with E-state index >= 15 is 0 Å². The summed E-state index contributed by atoms with van der Waals surface area (Å²) in [4.78, 5) is 0. The van der Waals surface area contributed by atoms with E-state index in [0.29, 0.717) is 13.2 Å². The molecule has 1 saturated heterocycles. The van der Waals surface area contributed by atoms with Crippen molar-refractivity contribution < 1.29 is 13.9 Å². The van der Waals surface area contributed by atoms with Crippen molar-refractivity contribution in [3.8, 4) is 0 Å². The van der Waals surface area contributed by atoms with Crippen LogP contribution in [0.2, 0.25) is 0 Å². The largest absolute Gasteiger partial charge is 0.350 e. The van der Waals surface area contributed by atoms with Crippen molar-refractivity contribution in [3.63, 3.8) is 0 Å². The summed E-state index contributed by atoms with van der Waals surface area (Å²) < 4.78 is 25.0. The predicted molar refractivity (Wildman–Crippen MR) is 71.0 cm³/mol. The Morgan fingerprint density at radius 2 is 2.17 bits per heavy atom. The maximum absolute atomic E-state index is 13.2. The lowest BCUT2D eigenvalue weighted by Crippen LogP contribution is -2.32. The number of benzene rings is 1. The maximum atomic E-state index is 13.2. The standard InChI is InChI=1S/C13H17BrFNO2/c1-16-11(8-13-17-4-5-18-13)7-9-6-10(15)2-3-12(9)14/h2-3,6,11,13,16H,4-5,7-8H2,1H3. The van der Waals surface area contributed by atoms with Crippen molar-refractivity contribution in [2.45, 2.75) is 25.2 Å². The molecule has 0 aromatic heterocycles. The van der Waals surface area contributed by atoms with Crippen LogP contribution in [0.5, 0.6) is 0 Å². The first-order valence-electron chi connectivity index (χ1n) is 6.03. The lowest BCUT2D eigenvalue weighted by atomic mass is 10.0. The van der Waals surface area contributed by atoms with E-state index in [4.69, 9.17) is 9.47 Å². The highest BCUT2D eigenvalue weighted by Gasteiger charge is 2.21. The zero-order chi connectivity index (χ0) is 13.0. The molecule has 0 bridgehead atoms. The molecule has 1 aromatic carbocycles. The zero-order valence-corrected chi connectivity index (χ0v) is 11.9. The SMILES string of the molecule is CNC(Cc1cc(F)ccc1Br)CC1OCCO1. The number of rotatable bonds is 5. The molecule has 2 rings (SSSR count). The third-order valence-electron chi connectivity index (χ3n) is 3.05. The van der Waals surface area contributed by atoms with Gasteiger partial charge < -0.3 is 14.8 Å². The van der Waals surface area contributed by atoms with Gasteiger partial charge in [0, 0.05) is 16.9 Å². The third kappa shape index (κ3) is 3.75. The van der Waals surface area contributed by atoms with Gasteiger partial charge in [-0.2, -0.15) is 0 Å². The summed E-state index contributed by atoms with van der Waals surface area (Å²) in [5.74, 6) is -0.212. The fourth-order valence-electron chi connectivity index (χ4n) is 2.04. The van der Waals surface area contributed by atoms with Gasteiger partial charge in [-0.05, 0) is 37.2 Å². The highest BCUT2D eigenvalue weighted by molar-refractivity contribution is 9.10. The molecule has 0 aliphatic carbocycles. The Hall–Kier alpha value is -0.490. The molecule has 0 radical (unpaired) electrons. The summed E-state index contributed by atoms with van der Waals surface area (Å²) in [7, 11) is 1.90. The van der Waals surface area contributed by atoms with Crippen LogP contribution in [0.15, 0.2) is 22.7 Å². The number of hydrogen-bond acceptors (Lipinski definition) is 3. The van der Waals surface area contributed by atoms with Gasteiger partial charge in [-0.3, -0.25) is 0 Å². The molecule has 1 aliphatic heterocycles. The van der Waals surface area contributed by atoms with E-state index in [1.165, 1.54) is 6.07 Å². The van der Waals surface area contributed by atoms with E-state index in [9.17, 15) is 4.39 Å². The molecule has 0 amide bonds. The summed E-state index contributed by atoms with van der Waals surface area (Å²) in [5.41, 5.74) is 0.951. The van der Waals surface area contributed by atoms with Gasteiger partial charge in [0.2, 0.25) is 0 Å². The number of hydrogen-bond donors (Lipinski definition) is 1. The molecule has 1 aromatic rings. The van der Waals surface area contributed by atoms with Crippen LogP contribution < -0.4 is 5.32 Å². The van der Waals surface area contributed by atoms with Crippen molar-refractivity contribution in [1.29, 1.82) is 0 Å². The quantitative estimate of drug-likeness (QED) is 0.905. The first-order chi connectivity index (χ1) is 8.69. The fourth-order valence-corrected chi connectivity index (χ4v) is 2.45. The molecule has 1 fully saturated rings. The van der Waals surface area contributed by atoms with Crippen LogP contribution in [0, 0.1) is 5.82 Å². The Morgan fingerprint density at radius 1 is 1.44 bits per heavy atom. The molecule has 1 aliphatic rings. The van der Waals surface area contributed by atoms with E-state index in [0.717, 1.165) is 22.9 Å². The Kier molecular flexibility index (Phi) is 5.12. The van der Waals surface area contributed by atoms with Gasteiger partial charge in [0.05, 0.1) is 13.2 Å². The van der Waals surface area contributed by atoms with Crippen molar-refractivity contribution in [3.05, 3.63) is 34.1 Å². The fraction of sp³-hybridized carbons (Fsp3) is 0.538. The summed E-state index contributed by atoms with van der Waals surface area (Å²) in [6, 6.07) is 4.95. The van der Waals surface area contributed by atoms with Crippen molar-refractivity contribution in [2.75, 3.05) is 20.3 Å². The second kappa shape index (κ2) is 6.61. The van der Waals surface area contributed by atoms with E-state index < -0.39 is 0 Å². The molecule has 1 N–H and O–H groups in total. The van der Waals surface area contributed by atoms with Gasteiger partial charge in [0.1, 0.15) is 5.82 Å². The van der Waals surface area contributed by atoms with Crippen molar-refractivity contribution in [1.82, 2.24) is 5.32 Å². The topological polar surface area (TPSA) is 30.5 Å². The monoisotopic (exact) mass is 317 g/mol. The van der Waals surface area contributed by atoms with Gasteiger partial charge in [-0.15, -0.1) is 0 Å². The number of ether oxygens (including phenoxy) is 2. The molecule has 0 spiro atoms. The minimum Gasteiger partial charge on any atom is -0.350 e. The zero-order valence-electron chi connectivity index (χ0n) is 10.3.